The van der Waals surface area contributed by atoms with Gasteiger partial charge < -0.3 is 20.3 Å². The molecule has 3 N–H and O–H groups in total. The number of carbonyl (C=O) groups excluding carboxylic acids is 3. The maximum absolute atomic E-state index is 12.8. The summed E-state index contributed by atoms with van der Waals surface area (Å²) < 4.78 is 1.74. The average Bonchev–Trinajstić information content (AvgIpc) is 3.34. The zero-order chi connectivity index (χ0) is 23.5. The summed E-state index contributed by atoms with van der Waals surface area (Å²) in [5.41, 5.74) is 3.01. The Bertz CT molecular complexity index is 1290. The quantitative estimate of drug-likeness (QED) is 0.399. The van der Waals surface area contributed by atoms with Gasteiger partial charge in [0.15, 0.2) is 0 Å². The molecule has 0 unspecified atom stereocenters. The Kier molecular flexibility index (Phi) is 5.77. The molecule has 0 radical (unpaired) electrons. The van der Waals surface area contributed by atoms with Crippen LogP contribution in [0.2, 0.25) is 0 Å². The predicted molar refractivity (Wildman–Crippen MR) is 121 cm³/mol. The van der Waals surface area contributed by atoms with Crippen molar-refractivity contribution >= 4 is 35.6 Å². The van der Waals surface area contributed by atoms with Crippen LogP contribution in [0, 0.1) is 6.92 Å². The van der Waals surface area contributed by atoms with Crippen molar-refractivity contribution in [1.82, 2.24) is 14.8 Å². The number of carboxylic acids is 1. The van der Waals surface area contributed by atoms with Gasteiger partial charge in [-0.15, -0.1) is 0 Å². The molecule has 9 heteroatoms. The van der Waals surface area contributed by atoms with E-state index in [1.165, 1.54) is 18.2 Å². The van der Waals surface area contributed by atoms with Crippen LogP contribution < -0.4 is 10.6 Å². The molecular formula is C24H20N4O5. The third kappa shape index (κ3) is 4.67. The summed E-state index contributed by atoms with van der Waals surface area (Å²) in [6, 6.07) is 16.2. The van der Waals surface area contributed by atoms with Crippen LogP contribution in [0.3, 0.4) is 0 Å². The smallest absolute Gasteiger partial charge is 0.335 e. The molecule has 1 aliphatic rings. The Morgan fingerprint density at radius 2 is 1.82 bits per heavy atom. The Hall–Kier alpha value is -4.66. The van der Waals surface area contributed by atoms with Gasteiger partial charge in [-0.25, -0.2) is 14.5 Å². The molecule has 1 aromatic heterocycles. The predicted octanol–water partition coefficient (Wildman–Crippen LogP) is 3.02. The number of amides is 4. The molecule has 2 aromatic carbocycles. The molecule has 0 aliphatic carbocycles. The van der Waals surface area contributed by atoms with Crippen LogP contribution in [-0.2, 0) is 9.59 Å². The molecule has 1 aliphatic heterocycles. The lowest BCUT2D eigenvalue weighted by Crippen LogP contribution is -2.38. The lowest BCUT2D eigenvalue weighted by Gasteiger charge is -2.12. The third-order valence-electron chi connectivity index (χ3n) is 5.03. The highest BCUT2D eigenvalue weighted by Crippen LogP contribution is 2.19. The number of imide groups is 1. The van der Waals surface area contributed by atoms with E-state index in [1.54, 1.807) is 53.2 Å². The lowest BCUT2D eigenvalue weighted by atomic mass is 10.2. The number of urea groups is 1. The van der Waals surface area contributed by atoms with Crippen LogP contribution >= 0.6 is 0 Å². The number of hydrogen-bond acceptors (Lipinski definition) is 4. The van der Waals surface area contributed by atoms with E-state index in [4.69, 9.17) is 5.11 Å². The summed E-state index contributed by atoms with van der Waals surface area (Å²) in [6.07, 6.45) is 3.25. The van der Waals surface area contributed by atoms with Gasteiger partial charge in [-0.1, -0.05) is 12.1 Å². The average molecular weight is 444 g/mol. The number of nitrogens with one attached hydrogen (secondary N) is 2. The lowest BCUT2D eigenvalue weighted by molar-refractivity contribution is -0.127. The Morgan fingerprint density at radius 1 is 1.06 bits per heavy atom. The van der Waals surface area contributed by atoms with E-state index in [9.17, 15) is 19.2 Å². The molecule has 2 heterocycles. The number of hydrogen-bond donors (Lipinski definition) is 3. The van der Waals surface area contributed by atoms with E-state index < -0.39 is 30.4 Å². The monoisotopic (exact) mass is 444 g/mol. The van der Waals surface area contributed by atoms with Crippen molar-refractivity contribution in [3.05, 3.63) is 89.4 Å². The summed E-state index contributed by atoms with van der Waals surface area (Å²) in [4.78, 5) is 49.4. The van der Waals surface area contributed by atoms with E-state index in [0.717, 1.165) is 10.5 Å². The van der Waals surface area contributed by atoms with Gasteiger partial charge >= 0.3 is 12.0 Å². The number of anilines is 1. The van der Waals surface area contributed by atoms with Crippen LogP contribution in [0.15, 0.2) is 72.6 Å². The number of carboxylic acid groups (broad SMARTS) is 1. The van der Waals surface area contributed by atoms with Crippen molar-refractivity contribution in [3.63, 3.8) is 0 Å². The molecule has 33 heavy (non-hydrogen) atoms. The molecule has 4 rings (SSSR count). The number of rotatable bonds is 6. The van der Waals surface area contributed by atoms with E-state index in [1.807, 2.05) is 13.0 Å². The number of benzene rings is 2. The standard InChI is InChI=1S/C24H20N4O5/c1-15-4-2-5-17(12-15)25-21(29)14-28-22(30)20(26-24(28)33)13-19-6-3-11-27(19)18-9-7-16(8-10-18)23(31)32/h2-13H,14H2,1H3,(H,25,29)(H,26,33)(H,31,32). The van der Waals surface area contributed by atoms with E-state index in [-0.39, 0.29) is 11.3 Å². The first-order chi connectivity index (χ1) is 15.8. The highest BCUT2D eigenvalue weighted by atomic mass is 16.4. The number of aromatic nitrogens is 1. The van der Waals surface area contributed by atoms with Crippen molar-refractivity contribution < 1.29 is 24.3 Å². The Morgan fingerprint density at radius 3 is 2.52 bits per heavy atom. The number of carbonyl (C=O) groups is 4. The molecule has 166 valence electrons. The molecule has 1 fully saturated rings. The molecule has 0 saturated carbocycles. The summed E-state index contributed by atoms with van der Waals surface area (Å²) in [6.45, 7) is 1.47. The number of nitrogens with zero attached hydrogens (tertiary/aromatic N) is 2. The Balaban J connectivity index is 1.50. The van der Waals surface area contributed by atoms with Gasteiger partial charge in [-0.05, 0) is 67.1 Å². The normalized spacial score (nSPS) is 14.5. The van der Waals surface area contributed by atoms with Crippen LogP contribution in [-0.4, -0.2) is 44.9 Å². The highest BCUT2D eigenvalue weighted by Gasteiger charge is 2.35. The summed E-state index contributed by atoms with van der Waals surface area (Å²) in [7, 11) is 0. The second-order valence-electron chi connectivity index (χ2n) is 7.45. The first-order valence-corrected chi connectivity index (χ1v) is 10.0. The molecular weight excluding hydrogens is 424 g/mol. The van der Waals surface area contributed by atoms with Gasteiger partial charge in [-0.3, -0.25) is 9.59 Å². The molecule has 0 spiro atoms. The van der Waals surface area contributed by atoms with Crippen molar-refractivity contribution in [1.29, 1.82) is 0 Å². The summed E-state index contributed by atoms with van der Waals surface area (Å²) >= 11 is 0. The van der Waals surface area contributed by atoms with Gasteiger partial charge in [0.25, 0.3) is 5.91 Å². The van der Waals surface area contributed by atoms with Crippen LogP contribution in [0.5, 0.6) is 0 Å². The molecule has 1 saturated heterocycles. The van der Waals surface area contributed by atoms with Crippen LogP contribution in [0.25, 0.3) is 11.8 Å². The second-order valence-corrected chi connectivity index (χ2v) is 7.45. The SMILES string of the molecule is Cc1cccc(NC(=O)CN2C(=O)NC(=Cc3cccn3-c3ccc(C(=O)O)cc3)C2=O)c1. The maximum atomic E-state index is 12.8. The Labute approximate surface area is 188 Å². The summed E-state index contributed by atoms with van der Waals surface area (Å²) in [5.74, 6) is -2.14. The molecule has 3 aromatic rings. The highest BCUT2D eigenvalue weighted by molar-refractivity contribution is 6.15. The zero-order valence-corrected chi connectivity index (χ0v) is 17.6. The van der Waals surface area contributed by atoms with Gasteiger partial charge in [0.2, 0.25) is 5.91 Å². The second kappa shape index (κ2) is 8.83. The maximum Gasteiger partial charge on any atom is 0.335 e. The third-order valence-corrected chi connectivity index (χ3v) is 5.03. The van der Waals surface area contributed by atoms with E-state index >= 15 is 0 Å². The number of aromatic carboxylic acids is 1. The van der Waals surface area contributed by atoms with Crippen molar-refractivity contribution in [2.75, 3.05) is 11.9 Å². The van der Waals surface area contributed by atoms with Crippen molar-refractivity contribution in [2.24, 2.45) is 0 Å². The molecule has 4 amide bonds. The van der Waals surface area contributed by atoms with Crippen LogP contribution in [0.4, 0.5) is 10.5 Å². The van der Waals surface area contributed by atoms with Crippen molar-refractivity contribution in [2.45, 2.75) is 6.92 Å². The van der Waals surface area contributed by atoms with Gasteiger partial charge in [0.05, 0.1) is 5.56 Å². The van der Waals surface area contributed by atoms with E-state index in [0.29, 0.717) is 17.1 Å². The van der Waals surface area contributed by atoms with Crippen LogP contribution in [0.1, 0.15) is 21.6 Å². The molecule has 0 bridgehead atoms. The van der Waals surface area contributed by atoms with Gasteiger partial charge in [0.1, 0.15) is 12.2 Å². The van der Waals surface area contributed by atoms with Gasteiger partial charge in [0, 0.05) is 23.3 Å². The summed E-state index contributed by atoms with van der Waals surface area (Å²) in [5, 5.41) is 14.2. The van der Waals surface area contributed by atoms with Gasteiger partial charge in [-0.2, -0.15) is 0 Å². The minimum Gasteiger partial charge on any atom is -0.478 e. The minimum atomic E-state index is -1.03. The number of aryl methyl sites for hydroxylation is 1. The molecule has 0 atom stereocenters. The van der Waals surface area contributed by atoms with E-state index in [2.05, 4.69) is 10.6 Å². The molecule has 9 nitrogen and oxygen atoms in total. The first-order valence-electron chi connectivity index (χ1n) is 10.0. The largest absolute Gasteiger partial charge is 0.478 e. The fourth-order valence-electron chi connectivity index (χ4n) is 3.44. The first kappa shape index (κ1) is 21.6. The fraction of sp³-hybridized carbons (Fsp3) is 0.0833. The fourth-order valence-corrected chi connectivity index (χ4v) is 3.44. The topological polar surface area (TPSA) is 121 Å². The minimum absolute atomic E-state index is 0.0328. The zero-order valence-electron chi connectivity index (χ0n) is 17.6. The van der Waals surface area contributed by atoms with Crippen molar-refractivity contribution in [3.8, 4) is 5.69 Å².